The molecule has 0 aromatic heterocycles. The Bertz CT molecular complexity index is 326. The van der Waals surface area contributed by atoms with E-state index in [1.807, 2.05) is 19.1 Å². The van der Waals surface area contributed by atoms with Crippen LogP contribution in [0.2, 0.25) is 0 Å². The monoisotopic (exact) mass is 211 g/mol. The highest BCUT2D eigenvalue weighted by molar-refractivity contribution is 5.46. The second-order valence-electron chi connectivity index (χ2n) is 3.16. The van der Waals surface area contributed by atoms with E-state index >= 15 is 0 Å². The molecule has 4 nitrogen and oxygen atoms in total. The van der Waals surface area contributed by atoms with Gasteiger partial charge in [-0.25, -0.2) is 5.48 Å². The van der Waals surface area contributed by atoms with E-state index in [4.69, 9.17) is 14.7 Å². The van der Waals surface area contributed by atoms with Crippen LogP contribution in [-0.2, 0) is 13.0 Å². The maximum absolute atomic E-state index is 8.74. The van der Waals surface area contributed by atoms with E-state index in [0.717, 1.165) is 29.0 Å². The summed E-state index contributed by atoms with van der Waals surface area (Å²) in [6, 6.07) is 3.74. The Hall–Kier alpha value is -1.26. The zero-order valence-electron chi connectivity index (χ0n) is 9.33. The summed E-state index contributed by atoms with van der Waals surface area (Å²) in [6.07, 6.45) is 0.851. The molecule has 1 aromatic rings. The predicted octanol–water partition coefficient (Wildman–Crippen LogP) is 1.74. The average molecular weight is 211 g/mol. The first-order valence-corrected chi connectivity index (χ1v) is 4.87. The van der Waals surface area contributed by atoms with Gasteiger partial charge in [0.2, 0.25) is 0 Å². The molecule has 0 heterocycles. The molecule has 0 unspecified atom stereocenters. The van der Waals surface area contributed by atoms with E-state index in [0.29, 0.717) is 6.54 Å². The van der Waals surface area contributed by atoms with Crippen molar-refractivity contribution in [2.45, 2.75) is 19.9 Å². The molecule has 4 heteroatoms. The molecule has 0 aliphatic heterocycles. The fourth-order valence-electron chi connectivity index (χ4n) is 1.62. The van der Waals surface area contributed by atoms with Crippen LogP contribution in [0.1, 0.15) is 18.1 Å². The molecule has 1 rings (SSSR count). The van der Waals surface area contributed by atoms with Crippen molar-refractivity contribution >= 4 is 0 Å². The van der Waals surface area contributed by atoms with Gasteiger partial charge in [0.1, 0.15) is 11.5 Å². The van der Waals surface area contributed by atoms with Gasteiger partial charge in [-0.15, -0.1) is 0 Å². The van der Waals surface area contributed by atoms with Gasteiger partial charge in [-0.3, -0.25) is 0 Å². The first-order chi connectivity index (χ1) is 7.26. The number of hydrogen-bond donors (Lipinski definition) is 2. The molecule has 0 spiro atoms. The van der Waals surface area contributed by atoms with Crippen LogP contribution in [0.4, 0.5) is 0 Å². The lowest BCUT2D eigenvalue weighted by molar-refractivity contribution is 0.161. The van der Waals surface area contributed by atoms with E-state index in [1.54, 1.807) is 14.2 Å². The van der Waals surface area contributed by atoms with Gasteiger partial charge in [0.05, 0.1) is 14.2 Å². The Labute approximate surface area is 89.8 Å². The zero-order chi connectivity index (χ0) is 11.3. The second kappa shape index (κ2) is 5.58. The van der Waals surface area contributed by atoms with E-state index in [2.05, 4.69) is 5.48 Å². The summed E-state index contributed by atoms with van der Waals surface area (Å²) in [6.45, 7) is 2.43. The highest BCUT2D eigenvalue weighted by Gasteiger charge is 2.10. The number of hydroxylamine groups is 1. The molecule has 0 atom stereocenters. The molecule has 0 aliphatic rings. The van der Waals surface area contributed by atoms with Crippen molar-refractivity contribution in [1.29, 1.82) is 0 Å². The minimum absolute atomic E-state index is 0.386. The van der Waals surface area contributed by atoms with Gasteiger partial charge in [0, 0.05) is 12.6 Å². The van der Waals surface area contributed by atoms with Crippen molar-refractivity contribution in [1.82, 2.24) is 5.48 Å². The van der Waals surface area contributed by atoms with Crippen molar-refractivity contribution < 1.29 is 14.7 Å². The first-order valence-electron chi connectivity index (χ1n) is 4.87. The quantitative estimate of drug-likeness (QED) is 0.728. The molecule has 84 valence electrons. The summed E-state index contributed by atoms with van der Waals surface area (Å²) >= 11 is 0. The van der Waals surface area contributed by atoms with E-state index < -0.39 is 0 Å². The van der Waals surface area contributed by atoms with Gasteiger partial charge < -0.3 is 14.7 Å². The van der Waals surface area contributed by atoms with Crippen LogP contribution in [0.3, 0.4) is 0 Å². The van der Waals surface area contributed by atoms with Crippen LogP contribution in [0.5, 0.6) is 11.5 Å². The number of benzene rings is 1. The molecule has 1 aromatic carbocycles. The fourth-order valence-corrected chi connectivity index (χ4v) is 1.62. The molecule has 0 amide bonds. The van der Waals surface area contributed by atoms with E-state index in [-0.39, 0.29) is 0 Å². The number of ether oxygens (including phenoxy) is 2. The summed E-state index contributed by atoms with van der Waals surface area (Å²) in [4.78, 5) is 0. The van der Waals surface area contributed by atoms with Crippen molar-refractivity contribution in [2.75, 3.05) is 14.2 Å². The molecule has 0 fully saturated rings. The Morgan fingerprint density at radius 1 is 1.27 bits per heavy atom. The molecule has 0 radical (unpaired) electrons. The second-order valence-corrected chi connectivity index (χ2v) is 3.16. The summed E-state index contributed by atoms with van der Waals surface area (Å²) in [5, 5.41) is 8.74. The summed E-state index contributed by atoms with van der Waals surface area (Å²) in [5.41, 5.74) is 4.22. The Balaban J connectivity index is 3.19. The van der Waals surface area contributed by atoms with Gasteiger partial charge in [-0.2, -0.15) is 0 Å². The molecule has 15 heavy (non-hydrogen) atoms. The molecule has 0 aliphatic carbocycles. The normalized spacial score (nSPS) is 10.1. The standard InChI is InChI=1S/C11H17NO3/c1-4-10-8(7-12-13)5-9(14-2)6-11(10)15-3/h5-6,12-13H,4,7H2,1-3H3. The van der Waals surface area contributed by atoms with Crippen LogP contribution in [-0.4, -0.2) is 19.4 Å². The van der Waals surface area contributed by atoms with Crippen LogP contribution in [0, 0.1) is 0 Å². The minimum Gasteiger partial charge on any atom is -0.497 e. The van der Waals surface area contributed by atoms with Gasteiger partial charge in [-0.05, 0) is 23.6 Å². The number of nitrogens with one attached hydrogen (secondary N) is 1. The maximum Gasteiger partial charge on any atom is 0.126 e. The topological polar surface area (TPSA) is 50.7 Å². The third-order valence-electron chi connectivity index (χ3n) is 2.35. The Morgan fingerprint density at radius 2 is 2.00 bits per heavy atom. The van der Waals surface area contributed by atoms with Gasteiger partial charge >= 0.3 is 0 Å². The molecular formula is C11H17NO3. The highest BCUT2D eigenvalue weighted by atomic mass is 16.5. The average Bonchev–Trinajstić information content (AvgIpc) is 2.28. The van der Waals surface area contributed by atoms with Crippen LogP contribution < -0.4 is 15.0 Å². The maximum atomic E-state index is 8.74. The lowest BCUT2D eigenvalue weighted by Crippen LogP contribution is -2.09. The summed E-state index contributed by atoms with van der Waals surface area (Å²) in [7, 11) is 3.24. The molecule has 2 N–H and O–H groups in total. The van der Waals surface area contributed by atoms with Crippen molar-refractivity contribution in [3.63, 3.8) is 0 Å². The molecular weight excluding hydrogens is 194 g/mol. The smallest absolute Gasteiger partial charge is 0.126 e. The molecule has 0 saturated heterocycles. The fraction of sp³-hybridized carbons (Fsp3) is 0.455. The van der Waals surface area contributed by atoms with Crippen molar-refractivity contribution in [3.8, 4) is 11.5 Å². The van der Waals surface area contributed by atoms with Crippen LogP contribution in [0.25, 0.3) is 0 Å². The zero-order valence-corrected chi connectivity index (χ0v) is 9.33. The number of rotatable bonds is 5. The first kappa shape index (κ1) is 11.8. The minimum atomic E-state index is 0.386. The largest absolute Gasteiger partial charge is 0.497 e. The van der Waals surface area contributed by atoms with Crippen molar-refractivity contribution in [3.05, 3.63) is 23.3 Å². The molecule has 0 bridgehead atoms. The van der Waals surface area contributed by atoms with Gasteiger partial charge in [0.25, 0.3) is 0 Å². The van der Waals surface area contributed by atoms with Gasteiger partial charge in [0.15, 0.2) is 0 Å². The lowest BCUT2D eigenvalue weighted by atomic mass is 10.0. The van der Waals surface area contributed by atoms with Gasteiger partial charge in [-0.1, -0.05) is 6.92 Å². The number of methoxy groups -OCH3 is 2. The Kier molecular flexibility index (Phi) is 4.39. The third kappa shape index (κ3) is 2.61. The molecule has 0 saturated carbocycles. The summed E-state index contributed by atoms with van der Waals surface area (Å²) in [5.74, 6) is 1.52. The Morgan fingerprint density at radius 3 is 2.47 bits per heavy atom. The third-order valence-corrected chi connectivity index (χ3v) is 2.35. The van der Waals surface area contributed by atoms with E-state index in [1.165, 1.54) is 0 Å². The van der Waals surface area contributed by atoms with E-state index in [9.17, 15) is 0 Å². The summed E-state index contributed by atoms with van der Waals surface area (Å²) < 4.78 is 10.4. The van der Waals surface area contributed by atoms with Crippen molar-refractivity contribution in [2.24, 2.45) is 0 Å². The van der Waals surface area contributed by atoms with Crippen LogP contribution in [0.15, 0.2) is 12.1 Å². The lowest BCUT2D eigenvalue weighted by Gasteiger charge is -2.14. The predicted molar refractivity (Wildman–Crippen MR) is 57.6 cm³/mol. The highest BCUT2D eigenvalue weighted by Crippen LogP contribution is 2.29. The SMILES string of the molecule is CCc1c(CNO)cc(OC)cc1OC. The van der Waals surface area contributed by atoms with Crippen LogP contribution >= 0.6 is 0 Å². The number of hydrogen-bond acceptors (Lipinski definition) is 4.